The van der Waals surface area contributed by atoms with Crippen LogP contribution in [0.25, 0.3) is 0 Å². The number of aliphatic hydroxyl groups is 1. The van der Waals surface area contributed by atoms with E-state index in [0.29, 0.717) is 11.8 Å². The monoisotopic (exact) mass is 310 g/mol. The van der Waals surface area contributed by atoms with Gasteiger partial charge in [-0.3, -0.25) is 0 Å². The zero-order valence-electron chi connectivity index (χ0n) is 13.4. The summed E-state index contributed by atoms with van der Waals surface area (Å²) in [6.45, 7) is 0. The second-order valence-electron chi connectivity index (χ2n) is 8.01. The van der Waals surface area contributed by atoms with E-state index >= 15 is 0 Å². The third-order valence-electron chi connectivity index (χ3n) is 7.45. The molecule has 3 heteroatoms. The number of benzene rings is 1. The van der Waals surface area contributed by atoms with Gasteiger partial charge in [-0.25, -0.2) is 0 Å². The van der Waals surface area contributed by atoms with Crippen molar-refractivity contribution < 1.29 is 14.6 Å². The van der Waals surface area contributed by atoms with Crippen LogP contribution in [0.4, 0.5) is 0 Å². The number of aliphatic hydroxyl groups excluding tert-OH is 1. The fourth-order valence-corrected chi connectivity index (χ4v) is 6.92. The number of methoxy groups -OCH3 is 1. The molecule has 23 heavy (non-hydrogen) atoms. The molecule has 0 saturated heterocycles. The minimum absolute atomic E-state index is 0.0546. The fourth-order valence-electron chi connectivity index (χ4n) is 6.92. The van der Waals surface area contributed by atoms with Crippen molar-refractivity contribution in [3.05, 3.63) is 34.9 Å². The molecule has 6 rings (SSSR count). The minimum Gasteiger partial charge on any atom is -0.493 e. The van der Waals surface area contributed by atoms with Gasteiger partial charge in [0.25, 0.3) is 0 Å². The molecule has 2 fully saturated rings. The van der Waals surface area contributed by atoms with Gasteiger partial charge < -0.3 is 14.6 Å². The normalized spacial score (nSPS) is 44.4. The van der Waals surface area contributed by atoms with E-state index in [2.05, 4.69) is 18.2 Å². The molecule has 0 aromatic heterocycles. The molecule has 1 spiro atoms. The number of hydrogen-bond donors (Lipinski definition) is 1. The van der Waals surface area contributed by atoms with Crippen molar-refractivity contribution in [3.63, 3.8) is 0 Å². The predicted molar refractivity (Wildman–Crippen MR) is 85.8 cm³/mol. The van der Waals surface area contributed by atoms with Crippen LogP contribution in [0.2, 0.25) is 0 Å². The predicted octanol–water partition coefficient (Wildman–Crippen LogP) is 2.99. The summed E-state index contributed by atoms with van der Waals surface area (Å²) in [4.78, 5) is 0. The molecule has 0 amide bonds. The first-order valence-corrected chi connectivity index (χ1v) is 9.02. The van der Waals surface area contributed by atoms with Crippen LogP contribution < -0.4 is 9.47 Å². The number of rotatable bonds is 1. The van der Waals surface area contributed by atoms with Gasteiger partial charge in [-0.2, -0.15) is 0 Å². The Hall–Kier alpha value is -1.48. The lowest BCUT2D eigenvalue weighted by Gasteiger charge is -2.45. The van der Waals surface area contributed by atoms with Crippen LogP contribution in [0.15, 0.2) is 23.8 Å². The SMILES string of the molecule is COc1ccc2c3c1O[C@H]1[C@@H](O)CC=C4[C@@H]5CCCC(C5C2)[C@]431. The van der Waals surface area contributed by atoms with Crippen LogP contribution in [0.3, 0.4) is 0 Å². The number of hydrogen-bond acceptors (Lipinski definition) is 3. The molecule has 4 bridgehead atoms. The average molecular weight is 310 g/mol. The zero-order valence-corrected chi connectivity index (χ0v) is 13.4. The maximum absolute atomic E-state index is 10.8. The van der Waals surface area contributed by atoms with Crippen molar-refractivity contribution in [2.24, 2.45) is 17.8 Å². The summed E-state index contributed by atoms with van der Waals surface area (Å²) in [7, 11) is 1.72. The Kier molecular flexibility index (Phi) is 2.21. The van der Waals surface area contributed by atoms with E-state index < -0.39 is 6.10 Å². The van der Waals surface area contributed by atoms with Crippen LogP contribution in [-0.2, 0) is 11.8 Å². The second kappa shape index (κ2) is 3.94. The quantitative estimate of drug-likeness (QED) is 0.811. The van der Waals surface area contributed by atoms with Gasteiger partial charge in [-0.1, -0.05) is 24.1 Å². The van der Waals surface area contributed by atoms with Crippen molar-refractivity contribution in [2.75, 3.05) is 7.11 Å². The summed E-state index contributed by atoms with van der Waals surface area (Å²) in [5, 5.41) is 10.8. The molecule has 1 heterocycles. The van der Waals surface area contributed by atoms with E-state index in [1.807, 2.05) is 0 Å². The van der Waals surface area contributed by atoms with Gasteiger partial charge in [0, 0.05) is 5.56 Å². The summed E-state index contributed by atoms with van der Waals surface area (Å²) in [6, 6.07) is 4.30. The summed E-state index contributed by atoms with van der Waals surface area (Å²) in [5.74, 6) is 3.86. The van der Waals surface area contributed by atoms with Crippen molar-refractivity contribution in [3.8, 4) is 11.5 Å². The van der Waals surface area contributed by atoms with Gasteiger partial charge in [0.05, 0.1) is 18.6 Å². The molecule has 5 aliphatic rings. The van der Waals surface area contributed by atoms with Gasteiger partial charge in [-0.05, 0) is 55.1 Å². The molecule has 0 radical (unpaired) electrons. The Labute approximate surface area is 136 Å². The van der Waals surface area contributed by atoms with Crippen LogP contribution in [0.5, 0.6) is 11.5 Å². The summed E-state index contributed by atoms with van der Waals surface area (Å²) in [5.41, 5.74) is 4.36. The Morgan fingerprint density at radius 3 is 3.09 bits per heavy atom. The third-order valence-corrected chi connectivity index (χ3v) is 7.45. The maximum atomic E-state index is 10.8. The molecule has 1 N–H and O–H groups in total. The first kappa shape index (κ1) is 12.9. The van der Waals surface area contributed by atoms with E-state index in [-0.39, 0.29) is 11.5 Å². The molecule has 2 saturated carbocycles. The van der Waals surface area contributed by atoms with Gasteiger partial charge in [0.2, 0.25) is 0 Å². The van der Waals surface area contributed by atoms with Crippen molar-refractivity contribution in [1.82, 2.24) is 0 Å². The van der Waals surface area contributed by atoms with Crippen molar-refractivity contribution >= 4 is 0 Å². The largest absolute Gasteiger partial charge is 0.493 e. The van der Waals surface area contributed by atoms with Gasteiger partial charge in [0.15, 0.2) is 11.5 Å². The van der Waals surface area contributed by atoms with Gasteiger partial charge in [0.1, 0.15) is 6.10 Å². The van der Waals surface area contributed by atoms with Crippen LogP contribution in [0.1, 0.15) is 36.8 Å². The number of ether oxygens (including phenoxy) is 2. The van der Waals surface area contributed by atoms with Crippen LogP contribution in [-0.4, -0.2) is 24.4 Å². The molecule has 1 aliphatic heterocycles. The average Bonchev–Trinajstić information content (AvgIpc) is 2.94. The smallest absolute Gasteiger partial charge is 0.166 e. The Balaban J connectivity index is 1.73. The Morgan fingerprint density at radius 2 is 2.22 bits per heavy atom. The van der Waals surface area contributed by atoms with Gasteiger partial charge >= 0.3 is 0 Å². The molecule has 120 valence electrons. The van der Waals surface area contributed by atoms with Crippen LogP contribution in [0, 0.1) is 17.8 Å². The topological polar surface area (TPSA) is 38.7 Å². The van der Waals surface area contributed by atoms with E-state index in [9.17, 15) is 5.11 Å². The third kappa shape index (κ3) is 1.20. The molecule has 1 aromatic rings. The lowest BCUT2D eigenvalue weighted by Crippen LogP contribution is -2.53. The summed E-state index contributed by atoms with van der Waals surface area (Å²) < 4.78 is 12.1. The first-order chi connectivity index (χ1) is 11.3. The van der Waals surface area contributed by atoms with E-state index in [4.69, 9.17) is 9.47 Å². The summed E-state index contributed by atoms with van der Waals surface area (Å²) >= 11 is 0. The molecule has 6 atom stereocenters. The molecule has 1 aromatic carbocycles. The fraction of sp³-hybridized carbons (Fsp3) is 0.600. The first-order valence-electron chi connectivity index (χ1n) is 9.02. The highest BCUT2D eigenvalue weighted by molar-refractivity contribution is 5.66. The Morgan fingerprint density at radius 1 is 1.30 bits per heavy atom. The molecule has 3 nitrogen and oxygen atoms in total. The Bertz CT molecular complexity index is 751. The highest BCUT2D eigenvalue weighted by Crippen LogP contribution is 2.72. The highest BCUT2D eigenvalue weighted by Gasteiger charge is 2.70. The van der Waals surface area contributed by atoms with E-state index in [1.54, 1.807) is 12.7 Å². The molecule has 2 unspecified atom stereocenters. The summed E-state index contributed by atoms with van der Waals surface area (Å²) in [6.07, 6.45) is 7.69. The van der Waals surface area contributed by atoms with E-state index in [1.165, 1.54) is 36.8 Å². The second-order valence-corrected chi connectivity index (χ2v) is 8.01. The molecular weight excluding hydrogens is 288 g/mol. The van der Waals surface area contributed by atoms with Crippen molar-refractivity contribution in [1.29, 1.82) is 0 Å². The lowest BCUT2D eigenvalue weighted by molar-refractivity contribution is -0.0101. The number of fused-ring (bicyclic) bond motifs is 1. The molecular formula is C20H22O3. The zero-order chi connectivity index (χ0) is 15.3. The van der Waals surface area contributed by atoms with E-state index in [0.717, 1.165) is 23.8 Å². The standard InChI is InChI=1S/C20H22O3/c1-22-16-8-5-10-9-12-11-3-2-4-13(12)20-14(11)6-7-15(21)19(20)23-18(16)17(10)20/h5-6,8,11-13,15,19,21H,2-4,7,9H2,1H3/t11-,12?,13?,15+,19+,20+/m1/s1. The highest BCUT2D eigenvalue weighted by atomic mass is 16.5. The maximum Gasteiger partial charge on any atom is 0.166 e. The van der Waals surface area contributed by atoms with Crippen molar-refractivity contribution in [2.45, 2.75) is 49.7 Å². The molecule has 4 aliphatic carbocycles. The van der Waals surface area contributed by atoms with Gasteiger partial charge in [-0.15, -0.1) is 0 Å². The lowest BCUT2D eigenvalue weighted by atomic mass is 9.57. The minimum atomic E-state index is -0.401. The van der Waals surface area contributed by atoms with Crippen LogP contribution >= 0.6 is 0 Å².